The number of benzene rings is 2. The Hall–Kier alpha value is -3.39. The molecule has 1 aliphatic heterocycles. The van der Waals surface area contributed by atoms with E-state index < -0.39 is 0 Å². The highest BCUT2D eigenvalue weighted by Crippen LogP contribution is 2.22. The number of urea groups is 1. The van der Waals surface area contributed by atoms with Crippen molar-refractivity contribution in [3.8, 4) is 5.75 Å². The minimum Gasteiger partial charge on any atom is -0.494 e. The van der Waals surface area contributed by atoms with E-state index in [2.05, 4.69) is 22.1 Å². The van der Waals surface area contributed by atoms with Crippen molar-refractivity contribution in [3.63, 3.8) is 0 Å². The van der Waals surface area contributed by atoms with Gasteiger partial charge in [-0.15, -0.1) is 0 Å². The topological polar surface area (TPSA) is 77.7 Å². The lowest BCUT2D eigenvalue weighted by Crippen LogP contribution is -2.45. The van der Waals surface area contributed by atoms with Gasteiger partial charge in [-0.1, -0.05) is 6.92 Å². The summed E-state index contributed by atoms with van der Waals surface area (Å²) in [5.74, 6) is 0.358. The number of anilines is 1. The molecular weight excluding hydrogens is 435 g/mol. The van der Waals surface area contributed by atoms with Crippen LogP contribution in [-0.2, 0) is 6.54 Å². The number of aromatic nitrogens is 1. The van der Waals surface area contributed by atoms with Crippen LogP contribution in [0.25, 0.3) is 10.9 Å². The Balaban J connectivity index is 1.61. The monoisotopic (exact) mass is 466 g/mol. The number of nitrogens with zero attached hydrogens (tertiary/aromatic N) is 2. The normalized spacial score (nSPS) is 16.0. The molecule has 2 aromatic carbocycles. The van der Waals surface area contributed by atoms with Gasteiger partial charge in [-0.25, -0.2) is 9.18 Å². The molecule has 1 aromatic heterocycles. The van der Waals surface area contributed by atoms with Crippen LogP contribution in [0, 0.1) is 5.82 Å². The number of hydrogen-bond acceptors (Lipinski definition) is 4. The summed E-state index contributed by atoms with van der Waals surface area (Å²) in [6.45, 7) is 7.16. The maximum absolute atomic E-state index is 13.3. The van der Waals surface area contributed by atoms with E-state index in [1.54, 1.807) is 4.90 Å². The largest absolute Gasteiger partial charge is 0.494 e. The molecule has 180 valence electrons. The molecule has 0 bridgehead atoms. The van der Waals surface area contributed by atoms with E-state index in [1.807, 2.05) is 31.2 Å². The fraction of sp³-hybridized carbons (Fsp3) is 0.385. The van der Waals surface area contributed by atoms with Gasteiger partial charge in [0.2, 0.25) is 0 Å². The number of aromatic amines is 1. The fourth-order valence-electron chi connectivity index (χ4n) is 4.54. The van der Waals surface area contributed by atoms with Crippen LogP contribution >= 0.6 is 0 Å². The number of amides is 2. The van der Waals surface area contributed by atoms with E-state index in [1.165, 1.54) is 24.3 Å². The van der Waals surface area contributed by atoms with Crippen molar-refractivity contribution in [1.29, 1.82) is 0 Å². The smallest absolute Gasteiger partial charge is 0.322 e. The molecule has 0 unspecified atom stereocenters. The number of nitrogens with one attached hydrogen (secondary N) is 2. The van der Waals surface area contributed by atoms with Crippen LogP contribution in [0.3, 0.4) is 0 Å². The second-order valence-corrected chi connectivity index (χ2v) is 8.55. The number of H-pyrrole nitrogens is 1. The molecule has 2 N–H and O–H groups in total. The summed E-state index contributed by atoms with van der Waals surface area (Å²) in [6, 6.07) is 12.9. The third-order valence-electron chi connectivity index (χ3n) is 6.28. The molecule has 2 heterocycles. The number of ether oxygens (including phenoxy) is 1. The summed E-state index contributed by atoms with van der Waals surface area (Å²) in [5.41, 5.74) is 1.49. The number of carbonyl (C=O) groups excluding carboxylic acids is 1. The Morgan fingerprint density at radius 2 is 2.00 bits per heavy atom. The van der Waals surface area contributed by atoms with Crippen LogP contribution < -0.4 is 15.6 Å². The molecule has 0 spiro atoms. The molecule has 1 atom stereocenters. The SMILES string of the molecule is CCOc1ccc2[nH]c(=O)c(CN(C[C@H]3CCCN3CC)C(=O)Nc3ccc(F)cc3)cc2c1. The number of hydrogen-bond donors (Lipinski definition) is 2. The Kier molecular flexibility index (Phi) is 7.47. The predicted octanol–water partition coefficient (Wildman–Crippen LogP) is 4.58. The summed E-state index contributed by atoms with van der Waals surface area (Å²) < 4.78 is 18.9. The van der Waals surface area contributed by atoms with Gasteiger partial charge in [0.1, 0.15) is 11.6 Å². The molecule has 0 radical (unpaired) electrons. The maximum atomic E-state index is 13.3. The van der Waals surface area contributed by atoms with Crippen LogP contribution in [0.15, 0.2) is 53.3 Å². The standard InChI is InChI=1S/C26H31FN4O3/c1-3-30-13-5-6-22(30)17-31(26(33)28-21-9-7-20(27)8-10-21)16-19-14-18-15-23(34-4-2)11-12-24(18)29-25(19)32/h7-12,14-15,22H,3-6,13,16-17H2,1-2H3,(H,28,33)(H,29,32)/t22-/m1/s1. The average Bonchev–Trinajstić information content (AvgIpc) is 3.28. The third-order valence-corrected chi connectivity index (χ3v) is 6.28. The molecule has 0 saturated carbocycles. The minimum atomic E-state index is -0.367. The second-order valence-electron chi connectivity index (χ2n) is 8.55. The molecule has 7 nitrogen and oxygen atoms in total. The maximum Gasteiger partial charge on any atom is 0.322 e. The zero-order valence-corrected chi connectivity index (χ0v) is 19.6. The van der Waals surface area contributed by atoms with Crippen molar-refractivity contribution in [2.24, 2.45) is 0 Å². The van der Waals surface area contributed by atoms with Crippen molar-refractivity contribution in [2.45, 2.75) is 39.3 Å². The zero-order chi connectivity index (χ0) is 24.1. The molecule has 0 aliphatic carbocycles. The highest BCUT2D eigenvalue weighted by atomic mass is 19.1. The highest BCUT2D eigenvalue weighted by molar-refractivity contribution is 5.89. The Labute approximate surface area is 198 Å². The van der Waals surface area contributed by atoms with Crippen LogP contribution in [0.1, 0.15) is 32.3 Å². The van der Waals surface area contributed by atoms with E-state index >= 15 is 0 Å². The van der Waals surface area contributed by atoms with Gasteiger partial charge in [-0.2, -0.15) is 0 Å². The fourth-order valence-corrected chi connectivity index (χ4v) is 4.54. The highest BCUT2D eigenvalue weighted by Gasteiger charge is 2.28. The van der Waals surface area contributed by atoms with Gasteiger partial charge in [-0.3, -0.25) is 9.69 Å². The van der Waals surface area contributed by atoms with Crippen LogP contribution in [0.2, 0.25) is 0 Å². The quantitative estimate of drug-likeness (QED) is 0.509. The number of rotatable bonds is 8. The van der Waals surface area contributed by atoms with Crippen molar-refractivity contribution in [2.75, 3.05) is 31.6 Å². The van der Waals surface area contributed by atoms with E-state index in [0.717, 1.165) is 37.1 Å². The van der Waals surface area contributed by atoms with E-state index in [-0.39, 0.29) is 30.0 Å². The number of pyridine rings is 1. The molecule has 1 fully saturated rings. The van der Waals surface area contributed by atoms with Gasteiger partial charge in [0, 0.05) is 34.7 Å². The third kappa shape index (κ3) is 5.56. The molecule has 4 rings (SSSR count). The molecule has 8 heteroatoms. The molecule has 1 aliphatic rings. The summed E-state index contributed by atoms with van der Waals surface area (Å²) in [4.78, 5) is 33.1. The van der Waals surface area contributed by atoms with E-state index in [4.69, 9.17) is 4.74 Å². The first kappa shape index (κ1) is 23.8. The van der Waals surface area contributed by atoms with Crippen LogP contribution in [-0.4, -0.2) is 53.1 Å². The lowest BCUT2D eigenvalue weighted by atomic mass is 10.1. The number of fused-ring (bicyclic) bond motifs is 1. The van der Waals surface area contributed by atoms with Crippen LogP contribution in [0.4, 0.5) is 14.9 Å². The first-order valence-corrected chi connectivity index (χ1v) is 11.8. The first-order chi connectivity index (χ1) is 16.5. The second kappa shape index (κ2) is 10.7. The first-order valence-electron chi connectivity index (χ1n) is 11.8. The van der Waals surface area contributed by atoms with Crippen molar-refractivity contribution < 1.29 is 13.9 Å². The van der Waals surface area contributed by atoms with Gasteiger partial charge in [0.25, 0.3) is 5.56 Å². The molecular formula is C26H31FN4O3. The molecule has 3 aromatic rings. The number of likely N-dealkylation sites (N-methyl/N-ethyl adjacent to an activating group) is 1. The van der Waals surface area contributed by atoms with Gasteiger partial charge in [0.05, 0.1) is 13.2 Å². The van der Waals surface area contributed by atoms with E-state index in [9.17, 15) is 14.0 Å². The number of likely N-dealkylation sites (tertiary alicyclic amines) is 1. The lowest BCUT2D eigenvalue weighted by Gasteiger charge is -2.30. The average molecular weight is 467 g/mol. The Morgan fingerprint density at radius 1 is 1.21 bits per heavy atom. The van der Waals surface area contributed by atoms with Crippen molar-refractivity contribution >= 4 is 22.6 Å². The summed E-state index contributed by atoms with van der Waals surface area (Å²) in [6.07, 6.45) is 2.09. The van der Waals surface area contributed by atoms with Crippen molar-refractivity contribution in [1.82, 2.24) is 14.8 Å². The van der Waals surface area contributed by atoms with Gasteiger partial charge < -0.3 is 19.9 Å². The van der Waals surface area contributed by atoms with Crippen LogP contribution in [0.5, 0.6) is 5.75 Å². The zero-order valence-electron chi connectivity index (χ0n) is 19.6. The summed E-state index contributed by atoms with van der Waals surface area (Å²) in [7, 11) is 0. The summed E-state index contributed by atoms with van der Waals surface area (Å²) >= 11 is 0. The van der Waals surface area contributed by atoms with E-state index in [0.29, 0.717) is 29.9 Å². The van der Waals surface area contributed by atoms with Gasteiger partial charge in [0.15, 0.2) is 0 Å². The Bertz CT molecular complexity index is 1190. The summed E-state index contributed by atoms with van der Waals surface area (Å²) in [5, 5.41) is 3.69. The van der Waals surface area contributed by atoms with Gasteiger partial charge in [-0.05, 0) is 81.4 Å². The number of halogens is 1. The predicted molar refractivity (Wildman–Crippen MR) is 132 cm³/mol. The molecule has 34 heavy (non-hydrogen) atoms. The minimum absolute atomic E-state index is 0.158. The number of carbonyl (C=O) groups is 1. The lowest BCUT2D eigenvalue weighted by molar-refractivity contribution is 0.174. The molecule has 2 amide bonds. The Morgan fingerprint density at radius 3 is 2.74 bits per heavy atom. The van der Waals surface area contributed by atoms with Gasteiger partial charge >= 0.3 is 6.03 Å². The van der Waals surface area contributed by atoms with Crippen molar-refractivity contribution in [3.05, 3.63) is 70.3 Å². The molecule has 1 saturated heterocycles.